The van der Waals surface area contributed by atoms with E-state index >= 15 is 0 Å². The summed E-state index contributed by atoms with van der Waals surface area (Å²) in [7, 11) is 0. The van der Waals surface area contributed by atoms with Crippen LogP contribution in [0.5, 0.6) is 0 Å². The van der Waals surface area contributed by atoms with Gasteiger partial charge in [0.25, 0.3) is 0 Å². The average molecular weight is 502 g/mol. The van der Waals surface area contributed by atoms with E-state index in [2.05, 4.69) is 9.97 Å². The summed E-state index contributed by atoms with van der Waals surface area (Å²) in [6.07, 6.45) is -0.948. The quantitative estimate of drug-likeness (QED) is 0.376. The number of hydrogen-bond donors (Lipinski definition) is 1. The van der Waals surface area contributed by atoms with E-state index in [9.17, 15) is 9.59 Å². The zero-order valence-electron chi connectivity index (χ0n) is 20.5. The number of hydrogen-bond acceptors (Lipinski definition) is 9. The number of ether oxygens (including phenoxy) is 3. The van der Waals surface area contributed by atoms with E-state index in [1.165, 1.54) is 6.33 Å². The minimum atomic E-state index is -1.01. The molecule has 4 aromatic rings. The number of benzene rings is 2. The highest BCUT2D eigenvalue weighted by molar-refractivity contribution is 5.91. The number of nitrogen functional groups attached to an aromatic ring is 1. The van der Waals surface area contributed by atoms with Crippen molar-refractivity contribution < 1.29 is 23.8 Å². The van der Waals surface area contributed by atoms with Gasteiger partial charge in [-0.2, -0.15) is 5.10 Å². The Morgan fingerprint density at radius 3 is 2.08 bits per heavy atom. The maximum atomic E-state index is 13.2. The Morgan fingerprint density at radius 2 is 1.51 bits per heavy atom. The minimum absolute atomic E-state index is 0.294. The predicted molar refractivity (Wildman–Crippen MR) is 135 cm³/mol. The highest BCUT2D eigenvalue weighted by Crippen LogP contribution is 2.38. The number of rotatable bonds is 7. The van der Waals surface area contributed by atoms with Gasteiger partial charge in [0.15, 0.2) is 24.1 Å². The molecule has 5 rings (SSSR count). The first-order valence-corrected chi connectivity index (χ1v) is 12.2. The molecule has 0 spiro atoms. The summed E-state index contributed by atoms with van der Waals surface area (Å²) in [6.45, 7) is 3.85. The Balaban J connectivity index is 1.56. The Bertz CT molecular complexity index is 1410. The van der Waals surface area contributed by atoms with Crippen LogP contribution in [-0.4, -0.2) is 50.0 Å². The zero-order valence-corrected chi connectivity index (χ0v) is 20.5. The fraction of sp³-hybridized carbons (Fsp3) is 0.296. The number of aryl methyl sites for hydroxylation is 1. The number of carbonyl (C=O) groups excluding carboxylic acids is 2. The summed E-state index contributed by atoms with van der Waals surface area (Å²) >= 11 is 0. The molecule has 0 aliphatic carbocycles. The molecule has 37 heavy (non-hydrogen) atoms. The maximum absolute atomic E-state index is 13.2. The second kappa shape index (κ2) is 10.4. The third-order valence-corrected chi connectivity index (χ3v) is 6.36. The van der Waals surface area contributed by atoms with Crippen LogP contribution in [-0.2, 0) is 20.6 Å². The topological polar surface area (TPSA) is 131 Å². The van der Waals surface area contributed by atoms with Gasteiger partial charge in [-0.3, -0.25) is 0 Å². The number of carbonyl (C=O) groups is 2. The normalized spacial score (nSPS) is 21.1. The van der Waals surface area contributed by atoms with Gasteiger partial charge in [-0.25, -0.2) is 24.2 Å². The molecule has 3 heterocycles. The lowest BCUT2D eigenvalue weighted by atomic mass is 10.1. The molecule has 0 bridgehead atoms. The van der Waals surface area contributed by atoms with Gasteiger partial charge < -0.3 is 19.9 Å². The number of fused-ring (bicyclic) bond motifs is 1. The molecule has 2 aromatic carbocycles. The first kappa shape index (κ1) is 24.4. The van der Waals surface area contributed by atoms with Crippen molar-refractivity contribution >= 4 is 28.8 Å². The van der Waals surface area contributed by atoms with Gasteiger partial charge in [-0.05, 0) is 37.1 Å². The van der Waals surface area contributed by atoms with Crippen molar-refractivity contribution in [2.24, 2.45) is 0 Å². The molecule has 10 nitrogen and oxygen atoms in total. The van der Waals surface area contributed by atoms with Crippen molar-refractivity contribution in [2.75, 3.05) is 5.73 Å². The average Bonchev–Trinajstić information content (AvgIpc) is 3.48. The molecular formula is C27H27N5O5. The number of aromatic nitrogens is 4. The molecule has 0 amide bonds. The standard InChI is InChI=1S/C27H27N5O5/c1-3-18-20-23(28)29-15-30-24(20)32(31-18)25-22(37-27(34)17-13-9-6-10-14-17)21(19(4-2)35-25)36-26(33)16-11-7-5-8-12-16/h5-15,19,21-22,25H,3-4H2,1-2H3,(H2,28,29,30)/t19-,21-,22?,25-/m1/s1. The Hall–Kier alpha value is -4.31. The molecule has 0 radical (unpaired) electrons. The van der Waals surface area contributed by atoms with Crippen LogP contribution < -0.4 is 5.73 Å². The summed E-state index contributed by atoms with van der Waals surface area (Å²) in [4.78, 5) is 34.7. The monoisotopic (exact) mass is 501 g/mol. The van der Waals surface area contributed by atoms with E-state index in [0.717, 1.165) is 0 Å². The van der Waals surface area contributed by atoms with Gasteiger partial charge in [-0.15, -0.1) is 0 Å². The summed E-state index contributed by atoms with van der Waals surface area (Å²) in [5, 5.41) is 5.31. The van der Waals surface area contributed by atoms with E-state index in [0.29, 0.717) is 46.5 Å². The second-order valence-electron chi connectivity index (χ2n) is 8.65. The maximum Gasteiger partial charge on any atom is 0.338 e. The molecule has 4 atom stereocenters. The minimum Gasteiger partial charge on any atom is -0.452 e. The summed E-state index contributed by atoms with van der Waals surface area (Å²) in [5.41, 5.74) is 8.02. The lowest BCUT2D eigenvalue weighted by molar-refractivity contribution is -0.0543. The third-order valence-electron chi connectivity index (χ3n) is 6.36. The smallest absolute Gasteiger partial charge is 0.338 e. The summed E-state index contributed by atoms with van der Waals surface area (Å²) in [6, 6.07) is 17.2. The molecule has 2 aromatic heterocycles. The molecule has 10 heteroatoms. The van der Waals surface area contributed by atoms with Crippen LogP contribution in [0.2, 0.25) is 0 Å². The molecule has 1 saturated heterocycles. The predicted octanol–water partition coefficient (Wildman–Crippen LogP) is 3.73. The van der Waals surface area contributed by atoms with Crippen molar-refractivity contribution in [3.05, 3.63) is 83.8 Å². The zero-order chi connectivity index (χ0) is 25.9. The van der Waals surface area contributed by atoms with Gasteiger partial charge in [-0.1, -0.05) is 50.2 Å². The van der Waals surface area contributed by atoms with Crippen LogP contribution in [0.25, 0.3) is 11.0 Å². The third kappa shape index (κ3) is 4.63. The molecule has 1 fully saturated rings. The van der Waals surface area contributed by atoms with E-state index < -0.39 is 36.5 Å². The van der Waals surface area contributed by atoms with E-state index in [-0.39, 0.29) is 0 Å². The van der Waals surface area contributed by atoms with Crippen molar-refractivity contribution in [1.29, 1.82) is 0 Å². The van der Waals surface area contributed by atoms with Gasteiger partial charge in [0.2, 0.25) is 0 Å². The van der Waals surface area contributed by atoms with Crippen molar-refractivity contribution in [3.8, 4) is 0 Å². The number of nitrogens with zero attached hydrogens (tertiary/aromatic N) is 4. The molecule has 1 unspecified atom stereocenters. The van der Waals surface area contributed by atoms with Gasteiger partial charge >= 0.3 is 11.9 Å². The summed E-state index contributed by atoms with van der Waals surface area (Å²) < 4.78 is 19.8. The Kier molecular flexibility index (Phi) is 6.82. The largest absolute Gasteiger partial charge is 0.452 e. The van der Waals surface area contributed by atoms with Crippen molar-refractivity contribution in [2.45, 2.75) is 51.2 Å². The molecular weight excluding hydrogens is 474 g/mol. The highest BCUT2D eigenvalue weighted by Gasteiger charge is 2.51. The van der Waals surface area contributed by atoms with Crippen LogP contribution in [0, 0.1) is 0 Å². The second-order valence-corrected chi connectivity index (χ2v) is 8.65. The van der Waals surface area contributed by atoms with Gasteiger partial charge in [0.1, 0.15) is 18.2 Å². The van der Waals surface area contributed by atoms with Crippen LogP contribution in [0.1, 0.15) is 52.9 Å². The number of anilines is 1. The fourth-order valence-electron chi connectivity index (χ4n) is 4.53. The first-order chi connectivity index (χ1) is 18.0. The van der Waals surface area contributed by atoms with Gasteiger partial charge in [0.05, 0.1) is 22.2 Å². The SMILES string of the molecule is CCc1nn([C@@H]2O[C@H](CC)[C@@H](OC(=O)c3ccccc3)C2OC(=O)c2ccccc2)c2ncnc(N)c12. The van der Waals surface area contributed by atoms with Crippen LogP contribution in [0.3, 0.4) is 0 Å². The van der Waals surface area contributed by atoms with E-state index in [1.807, 2.05) is 26.0 Å². The van der Waals surface area contributed by atoms with E-state index in [1.54, 1.807) is 53.2 Å². The lowest BCUT2D eigenvalue weighted by Crippen LogP contribution is -2.39. The van der Waals surface area contributed by atoms with E-state index in [4.69, 9.17) is 25.0 Å². The number of esters is 2. The Morgan fingerprint density at radius 1 is 0.919 bits per heavy atom. The fourth-order valence-corrected chi connectivity index (χ4v) is 4.53. The Labute approximate surface area is 213 Å². The van der Waals surface area contributed by atoms with Crippen LogP contribution in [0.15, 0.2) is 67.0 Å². The van der Waals surface area contributed by atoms with Gasteiger partial charge in [0, 0.05) is 0 Å². The number of nitrogens with two attached hydrogens (primary N) is 1. The molecule has 1 aliphatic rings. The molecule has 1 aliphatic heterocycles. The molecule has 0 saturated carbocycles. The summed E-state index contributed by atoms with van der Waals surface area (Å²) in [5.74, 6) is -0.818. The van der Waals surface area contributed by atoms with Crippen molar-refractivity contribution in [3.63, 3.8) is 0 Å². The van der Waals surface area contributed by atoms with Crippen LogP contribution >= 0.6 is 0 Å². The molecule has 2 N–H and O–H groups in total. The first-order valence-electron chi connectivity index (χ1n) is 12.2. The highest BCUT2D eigenvalue weighted by atomic mass is 16.6. The lowest BCUT2D eigenvalue weighted by Gasteiger charge is -2.24. The van der Waals surface area contributed by atoms with Crippen molar-refractivity contribution in [1.82, 2.24) is 19.7 Å². The molecule has 190 valence electrons. The van der Waals surface area contributed by atoms with Crippen LogP contribution in [0.4, 0.5) is 5.82 Å².